The monoisotopic (exact) mass is 196 g/mol. The van der Waals surface area contributed by atoms with Gasteiger partial charge in [-0.15, -0.1) is 0 Å². The van der Waals surface area contributed by atoms with Crippen LogP contribution in [0.1, 0.15) is 40.0 Å². The van der Waals surface area contributed by atoms with E-state index in [1.54, 1.807) is 0 Å². The maximum Gasteiger partial charge on any atom is 0.111 e. The first-order chi connectivity index (χ1) is 6.42. The van der Waals surface area contributed by atoms with Crippen molar-refractivity contribution in [3.63, 3.8) is 0 Å². The predicted octanol–water partition coefficient (Wildman–Crippen LogP) is 1.96. The third-order valence-corrected chi connectivity index (χ3v) is 5.46. The molecule has 1 N–H and O–H groups in total. The number of fused-ring (bicyclic) bond motifs is 2. The fourth-order valence-electron chi connectivity index (χ4n) is 4.38. The zero-order valence-electron chi connectivity index (χ0n) is 9.34. The van der Waals surface area contributed by atoms with Crippen molar-refractivity contribution in [2.24, 2.45) is 16.7 Å². The number of epoxide rings is 1. The van der Waals surface area contributed by atoms with E-state index >= 15 is 0 Å². The van der Waals surface area contributed by atoms with Gasteiger partial charge >= 0.3 is 0 Å². The minimum absolute atomic E-state index is 0.0428. The number of hydrogen-bond acceptors (Lipinski definition) is 2. The van der Waals surface area contributed by atoms with Crippen LogP contribution in [0.2, 0.25) is 0 Å². The molecule has 14 heavy (non-hydrogen) atoms. The lowest BCUT2D eigenvalue weighted by molar-refractivity contribution is -0.156. The van der Waals surface area contributed by atoms with Gasteiger partial charge in [0.25, 0.3) is 0 Å². The highest BCUT2D eigenvalue weighted by Gasteiger charge is 2.73. The molecule has 4 atom stereocenters. The normalized spacial score (nSPS) is 59.1. The maximum absolute atomic E-state index is 11.0. The third kappa shape index (κ3) is 0.737. The molecule has 3 aliphatic rings. The van der Waals surface area contributed by atoms with Gasteiger partial charge < -0.3 is 9.84 Å². The second-order valence-corrected chi connectivity index (χ2v) is 6.31. The summed E-state index contributed by atoms with van der Waals surface area (Å²) in [5.74, 6) is 0.696. The van der Waals surface area contributed by atoms with Gasteiger partial charge in [-0.1, -0.05) is 20.8 Å². The highest BCUT2D eigenvalue weighted by molar-refractivity contribution is 5.22. The van der Waals surface area contributed by atoms with Gasteiger partial charge in [0, 0.05) is 0 Å². The molecular formula is C12H20O2. The van der Waals surface area contributed by atoms with Crippen LogP contribution >= 0.6 is 0 Å². The van der Waals surface area contributed by atoms with E-state index in [9.17, 15) is 5.11 Å². The molecule has 0 aromatic rings. The van der Waals surface area contributed by atoms with Crippen molar-refractivity contribution in [3.8, 4) is 0 Å². The predicted molar refractivity (Wildman–Crippen MR) is 53.9 cm³/mol. The summed E-state index contributed by atoms with van der Waals surface area (Å²) < 4.78 is 5.40. The van der Waals surface area contributed by atoms with Crippen LogP contribution in [0.5, 0.6) is 0 Å². The van der Waals surface area contributed by atoms with Crippen molar-refractivity contribution in [3.05, 3.63) is 0 Å². The van der Waals surface area contributed by atoms with E-state index in [0.29, 0.717) is 5.92 Å². The lowest BCUT2D eigenvalue weighted by Gasteiger charge is -2.50. The number of rotatable bonds is 1. The Hall–Kier alpha value is -0.0800. The Morgan fingerprint density at radius 3 is 2.36 bits per heavy atom. The minimum Gasteiger partial charge on any atom is -0.386 e. The van der Waals surface area contributed by atoms with Crippen molar-refractivity contribution in [2.75, 3.05) is 6.61 Å². The molecule has 2 aliphatic carbocycles. The molecule has 2 saturated carbocycles. The molecule has 1 aliphatic heterocycles. The van der Waals surface area contributed by atoms with Crippen molar-refractivity contribution >= 4 is 0 Å². The SMILES string of the molecule is CC1(C)[C@H]2CC[C@](C)(C2)[C@]1(O)[C@@H]1CO1. The van der Waals surface area contributed by atoms with Crippen molar-refractivity contribution < 1.29 is 9.84 Å². The van der Waals surface area contributed by atoms with Crippen LogP contribution in [0, 0.1) is 16.7 Å². The number of aliphatic hydroxyl groups is 1. The van der Waals surface area contributed by atoms with Gasteiger partial charge in [-0.3, -0.25) is 0 Å². The molecule has 0 aromatic carbocycles. The summed E-state index contributed by atoms with van der Waals surface area (Å²) in [6, 6.07) is 0. The van der Waals surface area contributed by atoms with Crippen LogP contribution in [0.4, 0.5) is 0 Å². The lowest BCUT2D eigenvalue weighted by atomic mass is 9.59. The molecule has 2 heteroatoms. The van der Waals surface area contributed by atoms with Crippen molar-refractivity contribution in [1.82, 2.24) is 0 Å². The molecule has 1 saturated heterocycles. The van der Waals surface area contributed by atoms with Gasteiger partial charge in [0.1, 0.15) is 11.7 Å². The second-order valence-electron chi connectivity index (χ2n) is 6.31. The Morgan fingerprint density at radius 1 is 1.29 bits per heavy atom. The molecule has 80 valence electrons. The van der Waals surface area contributed by atoms with Gasteiger partial charge in [-0.05, 0) is 36.0 Å². The van der Waals surface area contributed by atoms with E-state index < -0.39 is 5.60 Å². The van der Waals surface area contributed by atoms with Gasteiger partial charge in [0.05, 0.1) is 6.61 Å². The molecular weight excluding hydrogens is 176 g/mol. The van der Waals surface area contributed by atoms with Crippen LogP contribution in [-0.4, -0.2) is 23.4 Å². The summed E-state index contributed by atoms with van der Waals surface area (Å²) in [6.45, 7) is 7.47. The van der Waals surface area contributed by atoms with Crippen molar-refractivity contribution in [2.45, 2.75) is 51.7 Å². The minimum atomic E-state index is -0.567. The Morgan fingerprint density at radius 2 is 1.93 bits per heavy atom. The summed E-state index contributed by atoms with van der Waals surface area (Å²) in [7, 11) is 0. The van der Waals surface area contributed by atoms with Crippen LogP contribution in [-0.2, 0) is 4.74 Å². The molecule has 1 heterocycles. The molecule has 0 unspecified atom stereocenters. The van der Waals surface area contributed by atoms with Crippen LogP contribution < -0.4 is 0 Å². The topological polar surface area (TPSA) is 32.8 Å². The van der Waals surface area contributed by atoms with Crippen LogP contribution in [0.3, 0.4) is 0 Å². The number of ether oxygens (including phenoxy) is 1. The smallest absolute Gasteiger partial charge is 0.111 e. The molecule has 2 bridgehead atoms. The third-order valence-electron chi connectivity index (χ3n) is 5.46. The molecule has 0 amide bonds. The molecule has 3 fully saturated rings. The van der Waals surface area contributed by atoms with E-state index in [-0.39, 0.29) is 16.9 Å². The Kier molecular flexibility index (Phi) is 1.44. The average molecular weight is 196 g/mol. The van der Waals surface area contributed by atoms with Crippen molar-refractivity contribution in [1.29, 1.82) is 0 Å². The fourth-order valence-corrected chi connectivity index (χ4v) is 4.38. The first-order valence-electron chi connectivity index (χ1n) is 5.76. The van der Waals surface area contributed by atoms with E-state index in [1.807, 2.05) is 0 Å². The standard InChI is InChI=1S/C12H20O2/c1-10(2)8-4-5-11(3,6-8)12(10,13)9-7-14-9/h8-9,13H,4-7H2,1-3H3/t8-,9-,11+,12-/m0/s1. The van der Waals surface area contributed by atoms with Crippen LogP contribution in [0.15, 0.2) is 0 Å². The van der Waals surface area contributed by atoms with E-state index in [2.05, 4.69) is 20.8 Å². The summed E-state index contributed by atoms with van der Waals surface area (Å²) in [6.07, 6.45) is 3.78. The second kappa shape index (κ2) is 2.19. The Bertz CT molecular complexity index is 275. The summed E-state index contributed by atoms with van der Waals surface area (Å²) >= 11 is 0. The van der Waals surface area contributed by atoms with E-state index in [0.717, 1.165) is 6.61 Å². The van der Waals surface area contributed by atoms with Gasteiger partial charge in [0.2, 0.25) is 0 Å². The van der Waals surface area contributed by atoms with Gasteiger partial charge in [-0.2, -0.15) is 0 Å². The van der Waals surface area contributed by atoms with E-state index in [1.165, 1.54) is 19.3 Å². The zero-order valence-corrected chi connectivity index (χ0v) is 9.34. The first-order valence-corrected chi connectivity index (χ1v) is 5.76. The highest BCUT2D eigenvalue weighted by Crippen LogP contribution is 2.70. The molecule has 2 nitrogen and oxygen atoms in total. The molecule has 3 rings (SSSR count). The summed E-state index contributed by atoms with van der Waals surface area (Å²) in [5.41, 5.74) is -0.410. The number of hydrogen-bond donors (Lipinski definition) is 1. The van der Waals surface area contributed by atoms with Crippen LogP contribution in [0.25, 0.3) is 0 Å². The average Bonchev–Trinajstić information content (AvgIpc) is 2.84. The first kappa shape index (κ1) is 9.17. The molecule has 0 spiro atoms. The largest absolute Gasteiger partial charge is 0.386 e. The summed E-state index contributed by atoms with van der Waals surface area (Å²) in [4.78, 5) is 0. The lowest BCUT2D eigenvalue weighted by Crippen LogP contribution is -2.58. The van der Waals surface area contributed by atoms with Gasteiger partial charge in [-0.25, -0.2) is 0 Å². The summed E-state index contributed by atoms with van der Waals surface area (Å²) in [5, 5.41) is 11.0. The van der Waals surface area contributed by atoms with E-state index in [4.69, 9.17) is 4.74 Å². The zero-order chi connectivity index (χ0) is 10.2. The van der Waals surface area contributed by atoms with Gasteiger partial charge in [0.15, 0.2) is 0 Å². The fraction of sp³-hybridized carbons (Fsp3) is 1.00. The molecule has 0 radical (unpaired) electrons. The molecule has 0 aromatic heterocycles. The quantitative estimate of drug-likeness (QED) is 0.650. The Labute approximate surface area is 85.6 Å². The Balaban J connectivity index is 2.09. The highest BCUT2D eigenvalue weighted by atomic mass is 16.6. The maximum atomic E-state index is 11.0.